The molecule has 0 radical (unpaired) electrons. The van der Waals surface area contributed by atoms with Gasteiger partial charge >= 0.3 is 6.09 Å². The van der Waals surface area contributed by atoms with E-state index in [4.69, 9.17) is 9.72 Å². The average molecular weight is 709 g/mol. The average Bonchev–Trinajstić information content (AvgIpc) is 3.70. The number of carbonyl (C=O) groups excluding carboxylic acids is 3. The molecular formula is C38H48N10O4. The molecule has 1 unspecified atom stereocenters. The number of hydrogen-bond donors (Lipinski definition) is 5. The van der Waals surface area contributed by atoms with Crippen molar-refractivity contribution in [2.24, 2.45) is 11.8 Å². The number of tetrazole rings is 1. The van der Waals surface area contributed by atoms with Gasteiger partial charge in [-0.1, -0.05) is 24.3 Å². The van der Waals surface area contributed by atoms with Crippen LogP contribution in [0.5, 0.6) is 0 Å². The minimum Gasteiger partial charge on any atom is -0.444 e. The van der Waals surface area contributed by atoms with E-state index in [9.17, 15) is 14.4 Å². The maximum atomic E-state index is 13.8. The molecule has 2 aromatic carbocycles. The number of alkyl carbamates (subject to hydrolysis) is 1. The Hall–Kier alpha value is -5.37. The predicted octanol–water partition coefficient (Wildman–Crippen LogP) is 4.34. The van der Waals surface area contributed by atoms with Crippen molar-refractivity contribution in [1.82, 2.24) is 41.6 Å². The number of piperazine rings is 1. The van der Waals surface area contributed by atoms with Crippen molar-refractivity contribution in [2.45, 2.75) is 64.5 Å². The van der Waals surface area contributed by atoms with Crippen LogP contribution in [0.2, 0.25) is 0 Å². The molecular weight excluding hydrogens is 660 g/mol. The summed E-state index contributed by atoms with van der Waals surface area (Å²) in [5.41, 5.74) is 3.72. The summed E-state index contributed by atoms with van der Waals surface area (Å²) < 4.78 is 5.35. The standard InChI is InChI=1S/C38H48N10O4/c1-38(2,3)52-37(51)41-23-26-6-10-29(11-7-26)35(49)43-32(36(50)42-31-15-12-28(13-16-31)34-44-46-47-45-34)22-25-4-8-27(9-5-25)30-14-17-33(40-24-30)48-20-18-39-19-21-48/h4-5,8-9,12-17,24,26,29,32,39H,6-7,10-11,18-23H2,1-3H3,(H,41,51)(H,42,50)(H,43,49)(H,44,45,46,47). The number of aromatic amines is 1. The first-order chi connectivity index (χ1) is 25.1. The number of rotatable bonds is 11. The third-order valence-electron chi connectivity index (χ3n) is 9.46. The fraction of sp³-hybridized carbons (Fsp3) is 0.447. The van der Waals surface area contributed by atoms with Gasteiger partial charge in [-0.3, -0.25) is 9.59 Å². The van der Waals surface area contributed by atoms with Crippen molar-refractivity contribution < 1.29 is 19.1 Å². The molecule has 1 saturated heterocycles. The van der Waals surface area contributed by atoms with E-state index in [1.54, 1.807) is 24.3 Å². The third-order valence-corrected chi connectivity index (χ3v) is 9.46. The van der Waals surface area contributed by atoms with E-state index in [0.29, 0.717) is 37.3 Å². The topological polar surface area (TPSA) is 179 Å². The van der Waals surface area contributed by atoms with Crippen molar-refractivity contribution in [3.05, 3.63) is 72.4 Å². The Kier molecular flexibility index (Phi) is 11.7. The summed E-state index contributed by atoms with van der Waals surface area (Å²) in [5, 5.41) is 26.3. The van der Waals surface area contributed by atoms with Crippen LogP contribution in [0.1, 0.15) is 52.0 Å². The lowest BCUT2D eigenvalue weighted by Crippen LogP contribution is -2.48. The number of ether oxygens (including phenoxy) is 1. The minimum atomic E-state index is -0.804. The quantitative estimate of drug-likeness (QED) is 0.151. The van der Waals surface area contributed by atoms with Gasteiger partial charge in [0, 0.05) is 68.1 Å². The third kappa shape index (κ3) is 10.1. The van der Waals surface area contributed by atoms with E-state index >= 15 is 0 Å². The van der Waals surface area contributed by atoms with Gasteiger partial charge < -0.3 is 30.9 Å². The second-order valence-electron chi connectivity index (χ2n) is 14.5. The van der Waals surface area contributed by atoms with Crippen LogP contribution >= 0.6 is 0 Å². The molecule has 4 aromatic rings. The number of pyridine rings is 1. The van der Waals surface area contributed by atoms with Crippen LogP contribution in [0.3, 0.4) is 0 Å². The Morgan fingerprint density at radius 1 is 0.904 bits per heavy atom. The van der Waals surface area contributed by atoms with Crippen LogP contribution in [-0.2, 0) is 20.7 Å². The summed E-state index contributed by atoms with van der Waals surface area (Å²) >= 11 is 0. The van der Waals surface area contributed by atoms with Crippen LogP contribution in [0.25, 0.3) is 22.5 Å². The number of nitrogens with zero attached hydrogens (tertiary/aromatic N) is 5. The summed E-state index contributed by atoms with van der Waals surface area (Å²) in [6, 6.07) is 18.5. The predicted molar refractivity (Wildman–Crippen MR) is 198 cm³/mol. The second-order valence-corrected chi connectivity index (χ2v) is 14.5. The summed E-state index contributed by atoms with van der Waals surface area (Å²) in [7, 11) is 0. The smallest absolute Gasteiger partial charge is 0.407 e. The van der Waals surface area contributed by atoms with Crippen molar-refractivity contribution in [3.8, 4) is 22.5 Å². The molecule has 1 aliphatic heterocycles. The highest BCUT2D eigenvalue weighted by Gasteiger charge is 2.30. The maximum Gasteiger partial charge on any atom is 0.407 e. The molecule has 5 N–H and O–H groups in total. The zero-order valence-electron chi connectivity index (χ0n) is 30.0. The van der Waals surface area contributed by atoms with Gasteiger partial charge in [0.25, 0.3) is 0 Å². The second kappa shape index (κ2) is 16.8. The normalized spacial score (nSPS) is 18.2. The van der Waals surface area contributed by atoms with Gasteiger partial charge in [0.1, 0.15) is 17.5 Å². The largest absolute Gasteiger partial charge is 0.444 e. The molecule has 52 heavy (non-hydrogen) atoms. The van der Waals surface area contributed by atoms with E-state index in [1.165, 1.54) is 0 Å². The van der Waals surface area contributed by atoms with Gasteiger partial charge in [0.15, 0.2) is 0 Å². The van der Waals surface area contributed by atoms with Crippen LogP contribution in [-0.4, -0.2) is 87.9 Å². The molecule has 0 spiro atoms. The van der Waals surface area contributed by atoms with Gasteiger partial charge in [-0.25, -0.2) is 9.78 Å². The molecule has 1 aliphatic carbocycles. The summed E-state index contributed by atoms with van der Waals surface area (Å²) in [4.78, 5) is 46.5. The molecule has 14 heteroatoms. The van der Waals surface area contributed by atoms with Crippen molar-refractivity contribution in [2.75, 3.05) is 42.9 Å². The minimum absolute atomic E-state index is 0.140. The molecule has 2 aromatic heterocycles. The lowest BCUT2D eigenvalue weighted by Gasteiger charge is -2.29. The van der Waals surface area contributed by atoms with E-state index in [1.807, 2.05) is 51.2 Å². The Balaban J connectivity index is 1.09. The number of amides is 3. The number of nitrogens with one attached hydrogen (secondary N) is 5. The zero-order chi connectivity index (χ0) is 36.5. The molecule has 2 aliphatic rings. The molecule has 3 heterocycles. The molecule has 6 rings (SSSR count). The Morgan fingerprint density at radius 3 is 2.23 bits per heavy atom. The van der Waals surface area contributed by atoms with E-state index in [-0.39, 0.29) is 23.7 Å². The van der Waals surface area contributed by atoms with Crippen LogP contribution in [0.4, 0.5) is 16.3 Å². The number of aromatic nitrogens is 5. The molecule has 2 fully saturated rings. The molecule has 14 nitrogen and oxygen atoms in total. The van der Waals surface area contributed by atoms with Crippen molar-refractivity contribution in [3.63, 3.8) is 0 Å². The van der Waals surface area contributed by atoms with Crippen molar-refractivity contribution in [1.29, 1.82) is 0 Å². The van der Waals surface area contributed by atoms with Gasteiger partial charge in [0.2, 0.25) is 17.6 Å². The Labute approximate surface area is 303 Å². The van der Waals surface area contributed by atoms with E-state index in [0.717, 1.165) is 67.1 Å². The first-order valence-electron chi connectivity index (χ1n) is 18.0. The van der Waals surface area contributed by atoms with Crippen LogP contribution in [0, 0.1) is 11.8 Å². The molecule has 274 valence electrons. The highest BCUT2D eigenvalue weighted by atomic mass is 16.6. The lowest BCUT2D eigenvalue weighted by atomic mass is 9.81. The van der Waals surface area contributed by atoms with E-state index in [2.05, 4.69) is 58.9 Å². The Bertz CT molecular complexity index is 1760. The highest BCUT2D eigenvalue weighted by Crippen LogP contribution is 2.29. The Morgan fingerprint density at radius 2 is 1.60 bits per heavy atom. The molecule has 3 amide bonds. The fourth-order valence-corrected chi connectivity index (χ4v) is 6.59. The summed E-state index contributed by atoms with van der Waals surface area (Å²) in [6.07, 6.45) is 4.72. The number of benzene rings is 2. The fourth-order valence-electron chi connectivity index (χ4n) is 6.59. The monoisotopic (exact) mass is 708 g/mol. The first-order valence-corrected chi connectivity index (χ1v) is 18.0. The van der Waals surface area contributed by atoms with Crippen LogP contribution < -0.4 is 26.2 Å². The van der Waals surface area contributed by atoms with E-state index < -0.39 is 17.7 Å². The number of carbonyl (C=O) groups is 3. The summed E-state index contributed by atoms with van der Waals surface area (Å²) in [5.74, 6) is 1.01. The van der Waals surface area contributed by atoms with Crippen LogP contribution in [0.15, 0.2) is 66.9 Å². The first kappa shape index (κ1) is 36.4. The van der Waals surface area contributed by atoms with Gasteiger partial charge in [-0.15, -0.1) is 10.2 Å². The zero-order valence-corrected chi connectivity index (χ0v) is 30.0. The summed E-state index contributed by atoms with van der Waals surface area (Å²) in [6.45, 7) is 9.78. The highest BCUT2D eigenvalue weighted by molar-refractivity contribution is 5.97. The lowest BCUT2D eigenvalue weighted by molar-refractivity contribution is -0.130. The number of H-pyrrole nitrogens is 1. The maximum absolute atomic E-state index is 13.8. The molecule has 1 atom stereocenters. The molecule has 1 saturated carbocycles. The van der Waals surface area contributed by atoms with Gasteiger partial charge in [-0.2, -0.15) is 5.21 Å². The van der Waals surface area contributed by atoms with Crippen molar-refractivity contribution >= 4 is 29.4 Å². The van der Waals surface area contributed by atoms with Gasteiger partial charge in [-0.05, 0) is 105 Å². The SMILES string of the molecule is CC(C)(C)OC(=O)NCC1CCC(C(=O)NC(Cc2ccc(-c3ccc(N4CCNCC4)nc3)cc2)C(=O)Nc2ccc(-c3nn[nH]n3)cc2)CC1. The van der Waals surface area contributed by atoms with Gasteiger partial charge in [0.05, 0.1) is 0 Å². The molecule has 0 bridgehead atoms. The number of anilines is 2. The number of hydrogen-bond acceptors (Lipinski definition) is 10.